The molecule has 1 N–H and O–H groups in total. The molecular weight excluding hydrogens is 216 g/mol. The van der Waals surface area contributed by atoms with Gasteiger partial charge in [0.1, 0.15) is 5.82 Å². The van der Waals surface area contributed by atoms with Gasteiger partial charge in [0.2, 0.25) is 0 Å². The third-order valence-electron chi connectivity index (χ3n) is 2.35. The van der Waals surface area contributed by atoms with Crippen molar-refractivity contribution in [2.75, 3.05) is 0 Å². The Morgan fingerprint density at radius 1 is 1.47 bits per heavy atom. The normalized spacial score (nSPS) is 10.0. The van der Waals surface area contributed by atoms with Gasteiger partial charge < -0.3 is 9.67 Å². The van der Waals surface area contributed by atoms with Crippen molar-refractivity contribution in [1.29, 1.82) is 0 Å². The molecule has 0 saturated carbocycles. The van der Waals surface area contributed by atoms with Crippen LogP contribution in [0.5, 0.6) is 0 Å². The highest BCUT2D eigenvalue weighted by Gasteiger charge is 2.12. The van der Waals surface area contributed by atoms with Crippen LogP contribution in [0.4, 0.5) is 0 Å². The SMILES string of the molecule is Cc1nc2cccc(C(=O)O)c2n1C.Cl. The molecule has 0 spiro atoms. The van der Waals surface area contributed by atoms with Crippen molar-refractivity contribution in [3.05, 3.63) is 29.6 Å². The zero-order valence-electron chi connectivity index (χ0n) is 8.39. The smallest absolute Gasteiger partial charge is 0.337 e. The quantitative estimate of drug-likeness (QED) is 0.809. The van der Waals surface area contributed by atoms with Crippen LogP contribution in [0.3, 0.4) is 0 Å². The van der Waals surface area contributed by atoms with E-state index in [1.807, 2.05) is 20.0 Å². The van der Waals surface area contributed by atoms with E-state index in [1.54, 1.807) is 16.7 Å². The van der Waals surface area contributed by atoms with Gasteiger partial charge in [-0.15, -0.1) is 12.4 Å². The van der Waals surface area contributed by atoms with Gasteiger partial charge in [-0.2, -0.15) is 0 Å². The van der Waals surface area contributed by atoms with Gasteiger partial charge in [-0.1, -0.05) is 6.07 Å². The molecular formula is C10H11ClN2O2. The first-order valence-electron chi connectivity index (χ1n) is 4.26. The van der Waals surface area contributed by atoms with Gasteiger partial charge in [0.05, 0.1) is 16.6 Å². The molecule has 0 amide bonds. The number of aromatic nitrogens is 2. The lowest BCUT2D eigenvalue weighted by Gasteiger charge is -2.00. The number of imidazole rings is 1. The summed E-state index contributed by atoms with van der Waals surface area (Å²) >= 11 is 0. The number of fused-ring (bicyclic) bond motifs is 1. The highest BCUT2D eigenvalue weighted by atomic mass is 35.5. The van der Waals surface area contributed by atoms with Crippen molar-refractivity contribution >= 4 is 29.4 Å². The number of carboxylic acids is 1. The van der Waals surface area contributed by atoms with Crippen LogP contribution in [0.1, 0.15) is 16.2 Å². The van der Waals surface area contributed by atoms with Crippen LogP contribution in [-0.2, 0) is 7.05 Å². The first kappa shape index (κ1) is 11.5. The highest BCUT2D eigenvalue weighted by Crippen LogP contribution is 2.18. The first-order valence-corrected chi connectivity index (χ1v) is 4.26. The maximum Gasteiger partial charge on any atom is 0.337 e. The monoisotopic (exact) mass is 226 g/mol. The van der Waals surface area contributed by atoms with E-state index in [9.17, 15) is 4.79 Å². The van der Waals surface area contributed by atoms with Gasteiger partial charge in [-0.25, -0.2) is 9.78 Å². The number of nitrogens with zero attached hydrogens (tertiary/aromatic N) is 2. The fourth-order valence-corrected chi connectivity index (χ4v) is 1.56. The molecule has 0 saturated heterocycles. The van der Waals surface area contributed by atoms with Gasteiger partial charge in [0, 0.05) is 7.05 Å². The van der Waals surface area contributed by atoms with Crippen molar-refractivity contribution < 1.29 is 9.90 Å². The van der Waals surface area contributed by atoms with Gasteiger partial charge in [-0.3, -0.25) is 0 Å². The van der Waals surface area contributed by atoms with Gasteiger partial charge in [0.15, 0.2) is 0 Å². The molecule has 2 rings (SSSR count). The summed E-state index contributed by atoms with van der Waals surface area (Å²) in [5.41, 5.74) is 1.70. The van der Waals surface area contributed by atoms with Gasteiger partial charge in [0.25, 0.3) is 0 Å². The van der Waals surface area contributed by atoms with Crippen LogP contribution in [-0.4, -0.2) is 20.6 Å². The average Bonchev–Trinajstić information content (AvgIpc) is 2.43. The molecule has 2 aromatic rings. The third kappa shape index (κ3) is 1.68. The minimum Gasteiger partial charge on any atom is -0.478 e. The Morgan fingerprint density at radius 2 is 2.13 bits per heavy atom. The van der Waals surface area contributed by atoms with E-state index in [0.717, 1.165) is 11.3 Å². The van der Waals surface area contributed by atoms with E-state index in [-0.39, 0.29) is 12.4 Å². The molecule has 0 atom stereocenters. The van der Waals surface area contributed by atoms with Crippen molar-refractivity contribution in [1.82, 2.24) is 9.55 Å². The molecule has 15 heavy (non-hydrogen) atoms. The summed E-state index contributed by atoms with van der Waals surface area (Å²) in [5, 5.41) is 8.98. The second-order valence-corrected chi connectivity index (χ2v) is 3.20. The van der Waals surface area contributed by atoms with E-state index >= 15 is 0 Å². The standard InChI is InChI=1S/C10H10N2O2.ClH/c1-6-11-8-5-3-4-7(10(13)14)9(8)12(6)2;/h3-5H,1-2H3,(H,13,14);1H. The molecule has 4 nitrogen and oxygen atoms in total. The molecule has 1 aromatic carbocycles. The zero-order valence-corrected chi connectivity index (χ0v) is 9.21. The number of rotatable bonds is 1. The molecule has 0 bridgehead atoms. The van der Waals surface area contributed by atoms with Crippen LogP contribution < -0.4 is 0 Å². The molecule has 5 heteroatoms. The number of hydrogen-bond acceptors (Lipinski definition) is 2. The maximum absolute atomic E-state index is 10.9. The Labute approximate surface area is 93.0 Å². The molecule has 1 aromatic heterocycles. The van der Waals surface area contributed by atoms with Crippen molar-refractivity contribution in [3.63, 3.8) is 0 Å². The molecule has 80 valence electrons. The zero-order chi connectivity index (χ0) is 10.3. The fourth-order valence-electron chi connectivity index (χ4n) is 1.56. The summed E-state index contributed by atoms with van der Waals surface area (Å²) in [4.78, 5) is 15.2. The number of aromatic carboxylic acids is 1. The molecule has 0 fully saturated rings. The van der Waals surface area contributed by atoms with E-state index in [4.69, 9.17) is 5.11 Å². The number of carboxylic acid groups (broad SMARTS) is 1. The van der Waals surface area contributed by atoms with Crippen LogP contribution in [0.2, 0.25) is 0 Å². The molecule has 0 aliphatic rings. The fraction of sp³-hybridized carbons (Fsp3) is 0.200. The minimum atomic E-state index is -0.918. The van der Waals surface area contributed by atoms with Gasteiger partial charge in [-0.05, 0) is 19.1 Å². The van der Waals surface area contributed by atoms with E-state index in [0.29, 0.717) is 11.1 Å². The molecule has 1 heterocycles. The second kappa shape index (κ2) is 3.90. The second-order valence-electron chi connectivity index (χ2n) is 3.20. The Kier molecular flexibility index (Phi) is 3.00. The summed E-state index contributed by atoms with van der Waals surface area (Å²) in [6.45, 7) is 1.85. The number of benzene rings is 1. The Balaban J connectivity index is 0.00000112. The minimum absolute atomic E-state index is 0. The number of aryl methyl sites for hydroxylation is 2. The van der Waals surface area contributed by atoms with Crippen molar-refractivity contribution in [2.45, 2.75) is 6.92 Å². The lowest BCUT2D eigenvalue weighted by atomic mass is 10.2. The summed E-state index contributed by atoms with van der Waals surface area (Å²) in [6.07, 6.45) is 0. The lowest BCUT2D eigenvalue weighted by Crippen LogP contribution is -2.01. The first-order chi connectivity index (χ1) is 6.61. The topological polar surface area (TPSA) is 55.1 Å². The highest BCUT2D eigenvalue weighted by molar-refractivity contribution is 6.01. The Morgan fingerprint density at radius 3 is 2.73 bits per heavy atom. The molecule has 0 unspecified atom stereocenters. The largest absolute Gasteiger partial charge is 0.478 e. The molecule has 0 aliphatic carbocycles. The average molecular weight is 227 g/mol. The van der Waals surface area contributed by atoms with Crippen LogP contribution in [0, 0.1) is 6.92 Å². The Bertz CT molecular complexity index is 519. The van der Waals surface area contributed by atoms with Crippen LogP contribution >= 0.6 is 12.4 Å². The molecule has 0 aliphatic heterocycles. The summed E-state index contributed by atoms with van der Waals surface area (Å²) in [5.74, 6) is -0.104. The summed E-state index contributed by atoms with van der Waals surface area (Å²) in [6, 6.07) is 5.11. The van der Waals surface area contributed by atoms with E-state index in [2.05, 4.69) is 4.98 Å². The van der Waals surface area contributed by atoms with Crippen molar-refractivity contribution in [2.24, 2.45) is 7.05 Å². The van der Waals surface area contributed by atoms with Crippen LogP contribution in [0.15, 0.2) is 18.2 Å². The summed E-state index contributed by atoms with van der Waals surface area (Å²) in [7, 11) is 1.82. The van der Waals surface area contributed by atoms with E-state index < -0.39 is 5.97 Å². The lowest BCUT2D eigenvalue weighted by molar-refractivity contribution is 0.0698. The molecule has 0 radical (unpaired) electrons. The van der Waals surface area contributed by atoms with E-state index in [1.165, 1.54) is 0 Å². The number of halogens is 1. The van der Waals surface area contributed by atoms with Gasteiger partial charge >= 0.3 is 5.97 Å². The maximum atomic E-state index is 10.9. The Hall–Kier alpha value is -1.55. The number of carbonyl (C=O) groups is 1. The summed E-state index contributed by atoms with van der Waals surface area (Å²) < 4.78 is 1.79. The predicted molar refractivity (Wildman–Crippen MR) is 59.7 cm³/mol. The van der Waals surface area contributed by atoms with Crippen LogP contribution in [0.25, 0.3) is 11.0 Å². The predicted octanol–water partition coefficient (Wildman–Crippen LogP) is 2.00. The van der Waals surface area contributed by atoms with Crippen molar-refractivity contribution in [3.8, 4) is 0 Å². The number of para-hydroxylation sites is 1. The number of hydrogen-bond donors (Lipinski definition) is 1. The third-order valence-corrected chi connectivity index (χ3v) is 2.35.